The third-order valence-electron chi connectivity index (χ3n) is 5.40. The molecule has 1 fully saturated rings. The Balaban J connectivity index is 1.30. The molecule has 148 valence electrons. The van der Waals surface area contributed by atoms with Gasteiger partial charge in [0, 0.05) is 30.2 Å². The van der Waals surface area contributed by atoms with Crippen LogP contribution in [0.1, 0.15) is 18.4 Å². The lowest BCUT2D eigenvalue weighted by molar-refractivity contribution is -0.120. The van der Waals surface area contributed by atoms with Crippen molar-refractivity contribution in [2.45, 2.75) is 25.4 Å². The number of carbonyl (C=O) groups is 1. The van der Waals surface area contributed by atoms with Crippen molar-refractivity contribution >= 4 is 11.6 Å². The van der Waals surface area contributed by atoms with Crippen LogP contribution in [-0.4, -0.2) is 40.0 Å². The average Bonchev–Trinajstić information content (AvgIpc) is 3.49. The summed E-state index contributed by atoms with van der Waals surface area (Å²) in [5.41, 5.74) is 2.74. The van der Waals surface area contributed by atoms with Gasteiger partial charge in [-0.3, -0.25) is 9.69 Å². The first kappa shape index (κ1) is 17.8. The lowest BCUT2D eigenvalue weighted by Crippen LogP contribution is -2.39. The van der Waals surface area contributed by atoms with E-state index in [4.69, 9.17) is 9.47 Å². The topological polar surface area (TPSA) is 68.6 Å². The highest BCUT2D eigenvalue weighted by molar-refractivity contribution is 5.95. The second-order valence-electron chi connectivity index (χ2n) is 7.27. The van der Waals surface area contributed by atoms with Crippen LogP contribution >= 0.6 is 0 Å². The van der Waals surface area contributed by atoms with Crippen LogP contribution in [0.5, 0.6) is 11.5 Å². The molecule has 3 aromatic rings. The molecule has 0 bridgehead atoms. The number of fused-ring (bicyclic) bond motifs is 1. The molecule has 29 heavy (non-hydrogen) atoms. The van der Waals surface area contributed by atoms with Crippen molar-refractivity contribution in [3.8, 4) is 17.2 Å². The predicted octanol–water partition coefficient (Wildman–Crippen LogP) is 3.20. The molecule has 0 spiro atoms. The van der Waals surface area contributed by atoms with E-state index in [-0.39, 0.29) is 18.7 Å². The summed E-state index contributed by atoms with van der Waals surface area (Å²) in [5.74, 6) is 1.59. The molecule has 0 unspecified atom stereocenters. The summed E-state index contributed by atoms with van der Waals surface area (Å²) in [6.07, 6.45) is 5.45. The fourth-order valence-corrected chi connectivity index (χ4v) is 4.02. The van der Waals surface area contributed by atoms with E-state index in [1.165, 1.54) is 0 Å². The molecule has 7 heteroatoms. The summed E-state index contributed by atoms with van der Waals surface area (Å²) in [4.78, 5) is 15.2. The Morgan fingerprint density at radius 1 is 1.17 bits per heavy atom. The van der Waals surface area contributed by atoms with Gasteiger partial charge in [-0.25, -0.2) is 4.68 Å². The summed E-state index contributed by atoms with van der Waals surface area (Å²) >= 11 is 0. The molecule has 2 aliphatic rings. The van der Waals surface area contributed by atoms with Crippen LogP contribution in [0.25, 0.3) is 5.69 Å². The smallest absolute Gasteiger partial charge is 0.241 e. The number of nitrogens with one attached hydrogen (secondary N) is 1. The number of aromatic nitrogens is 2. The zero-order valence-corrected chi connectivity index (χ0v) is 16.0. The highest BCUT2D eigenvalue weighted by Gasteiger charge is 2.32. The molecule has 0 saturated carbocycles. The largest absolute Gasteiger partial charge is 0.454 e. The second-order valence-corrected chi connectivity index (χ2v) is 7.27. The average molecular weight is 390 g/mol. The van der Waals surface area contributed by atoms with Gasteiger partial charge in [0.25, 0.3) is 0 Å². The van der Waals surface area contributed by atoms with E-state index in [2.05, 4.69) is 15.3 Å². The minimum absolute atomic E-state index is 0.0184. The molecule has 3 heterocycles. The zero-order valence-electron chi connectivity index (χ0n) is 16.0. The molecule has 2 aromatic carbocycles. The van der Waals surface area contributed by atoms with Crippen molar-refractivity contribution in [1.29, 1.82) is 0 Å². The van der Waals surface area contributed by atoms with E-state index in [1.54, 1.807) is 10.9 Å². The van der Waals surface area contributed by atoms with Gasteiger partial charge in [0.15, 0.2) is 11.5 Å². The van der Waals surface area contributed by atoms with Crippen molar-refractivity contribution < 1.29 is 14.3 Å². The normalized spacial score (nSPS) is 18.1. The summed E-state index contributed by atoms with van der Waals surface area (Å²) in [6, 6.07) is 15.3. The van der Waals surface area contributed by atoms with Gasteiger partial charge in [-0.2, -0.15) is 5.10 Å². The van der Waals surface area contributed by atoms with Crippen LogP contribution in [0.4, 0.5) is 5.69 Å². The third-order valence-corrected chi connectivity index (χ3v) is 5.40. The number of anilines is 1. The molecule has 1 amide bonds. The van der Waals surface area contributed by atoms with Gasteiger partial charge >= 0.3 is 0 Å². The summed E-state index contributed by atoms with van der Waals surface area (Å²) in [7, 11) is 0. The molecular formula is C22H22N4O3. The van der Waals surface area contributed by atoms with E-state index in [9.17, 15) is 4.79 Å². The Morgan fingerprint density at radius 2 is 2.10 bits per heavy atom. The Bertz CT molecular complexity index is 1020. The molecule has 1 aromatic heterocycles. The first-order valence-corrected chi connectivity index (χ1v) is 9.80. The number of para-hydroxylation sites is 1. The van der Waals surface area contributed by atoms with E-state index >= 15 is 0 Å². The molecule has 0 radical (unpaired) electrons. The van der Waals surface area contributed by atoms with E-state index < -0.39 is 0 Å². The highest BCUT2D eigenvalue weighted by Crippen LogP contribution is 2.37. The SMILES string of the molecule is O=C(Nc1cccc(-n2cccn2)c1)[C@@H]1CCCN1Cc1cccc2c1OCO2. The number of carbonyl (C=O) groups excluding carboxylic acids is 1. The van der Waals surface area contributed by atoms with Crippen LogP contribution in [0.2, 0.25) is 0 Å². The summed E-state index contributed by atoms with van der Waals surface area (Å²) in [5, 5.41) is 7.32. The molecule has 1 saturated heterocycles. The first-order chi connectivity index (χ1) is 14.3. The van der Waals surface area contributed by atoms with Crippen molar-refractivity contribution in [3.05, 3.63) is 66.5 Å². The Hall–Kier alpha value is -3.32. The molecule has 7 nitrogen and oxygen atoms in total. The van der Waals surface area contributed by atoms with Crippen LogP contribution in [-0.2, 0) is 11.3 Å². The monoisotopic (exact) mass is 390 g/mol. The maximum atomic E-state index is 13.0. The third kappa shape index (κ3) is 3.56. The second kappa shape index (κ2) is 7.60. The predicted molar refractivity (Wildman–Crippen MR) is 108 cm³/mol. The molecule has 1 N–H and O–H groups in total. The van der Waals surface area contributed by atoms with Gasteiger partial charge in [-0.1, -0.05) is 18.2 Å². The lowest BCUT2D eigenvalue weighted by atomic mass is 10.1. The number of benzene rings is 2. The Kier molecular flexibility index (Phi) is 4.65. The van der Waals surface area contributed by atoms with E-state index in [0.29, 0.717) is 6.54 Å². The number of nitrogens with zero attached hydrogens (tertiary/aromatic N) is 3. The van der Waals surface area contributed by atoms with Gasteiger partial charge in [0.05, 0.1) is 11.7 Å². The standard InChI is InChI=1S/C22H22N4O3/c27-22(24-17-6-2-7-18(13-17)26-12-4-10-23-26)19-8-3-11-25(19)14-16-5-1-9-20-21(16)29-15-28-20/h1-2,4-7,9-10,12-13,19H,3,8,11,14-15H2,(H,24,27)/t19-/m0/s1. The van der Waals surface area contributed by atoms with Crippen molar-refractivity contribution in [2.75, 3.05) is 18.7 Å². The number of ether oxygens (including phenoxy) is 2. The molecule has 2 aliphatic heterocycles. The fourth-order valence-electron chi connectivity index (χ4n) is 4.02. The van der Waals surface area contributed by atoms with Crippen LogP contribution in [0, 0.1) is 0 Å². The van der Waals surface area contributed by atoms with E-state index in [1.807, 2.05) is 54.7 Å². The van der Waals surface area contributed by atoms with Crippen molar-refractivity contribution in [2.24, 2.45) is 0 Å². The van der Waals surface area contributed by atoms with Crippen LogP contribution in [0.15, 0.2) is 60.9 Å². The van der Waals surface area contributed by atoms with Gasteiger partial charge in [0.1, 0.15) is 0 Å². The number of hydrogen-bond donors (Lipinski definition) is 1. The number of rotatable bonds is 5. The maximum Gasteiger partial charge on any atom is 0.241 e. The van der Waals surface area contributed by atoms with E-state index in [0.717, 1.165) is 47.8 Å². The minimum atomic E-state index is -0.165. The molecule has 5 rings (SSSR count). The molecule has 0 aliphatic carbocycles. The first-order valence-electron chi connectivity index (χ1n) is 9.80. The van der Waals surface area contributed by atoms with Gasteiger partial charge in [-0.15, -0.1) is 0 Å². The summed E-state index contributed by atoms with van der Waals surface area (Å²) < 4.78 is 12.9. The Labute approximate surface area is 168 Å². The number of hydrogen-bond acceptors (Lipinski definition) is 5. The fraction of sp³-hybridized carbons (Fsp3) is 0.273. The van der Waals surface area contributed by atoms with Gasteiger partial charge in [-0.05, 0) is 49.7 Å². The van der Waals surface area contributed by atoms with Crippen molar-refractivity contribution in [1.82, 2.24) is 14.7 Å². The van der Waals surface area contributed by atoms with Crippen LogP contribution < -0.4 is 14.8 Å². The molecule has 1 atom stereocenters. The van der Waals surface area contributed by atoms with Gasteiger partial charge < -0.3 is 14.8 Å². The van der Waals surface area contributed by atoms with Crippen molar-refractivity contribution in [3.63, 3.8) is 0 Å². The Morgan fingerprint density at radius 3 is 3.00 bits per heavy atom. The number of likely N-dealkylation sites (tertiary alicyclic amines) is 1. The van der Waals surface area contributed by atoms with Gasteiger partial charge in [0.2, 0.25) is 12.7 Å². The van der Waals surface area contributed by atoms with Crippen LogP contribution in [0.3, 0.4) is 0 Å². The lowest BCUT2D eigenvalue weighted by Gasteiger charge is -2.24. The quantitative estimate of drug-likeness (QED) is 0.725. The number of amides is 1. The minimum Gasteiger partial charge on any atom is -0.454 e. The molecular weight excluding hydrogens is 368 g/mol. The maximum absolute atomic E-state index is 13.0. The highest BCUT2D eigenvalue weighted by atomic mass is 16.7. The zero-order chi connectivity index (χ0) is 19.6. The summed E-state index contributed by atoms with van der Waals surface area (Å²) in [6.45, 7) is 1.80.